The Balaban J connectivity index is 2.20. The number of aliphatic imine (C=N–C) groups is 1. The summed E-state index contributed by atoms with van der Waals surface area (Å²) in [6.45, 7) is 5.61. The summed E-state index contributed by atoms with van der Waals surface area (Å²) in [5.74, 6) is 0.0160. The van der Waals surface area contributed by atoms with Crippen molar-refractivity contribution in [2.75, 3.05) is 0 Å². The first kappa shape index (κ1) is 15.9. The molecular weight excluding hydrogens is 280 g/mol. The van der Waals surface area contributed by atoms with Crippen LogP contribution in [0.3, 0.4) is 0 Å². The van der Waals surface area contributed by atoms with Gasteiger partial charge in [0.25, 0.3) is 0 Å². The SMILES string of the molecule is C/C(=N\O)c1ccc(N=CC2=C(O)CC(C)(C)CC2=O)cc1. The summed E-state index contributed by atoms with van der Waals surface area (Å²) in [5.41, 5.74) is 2.05. The van der Waals surface area contributed by atoms with E-state index in [1.54, 1.807) is 31.2 Å². The van der Waals surface area contributed by atoms with Crippen LogP contribution in [0.2, 0.25) is 0 Å². The molecule has 0 spiro atoms. The lowest BCUT2D eigenvalue weighted by Gasteiger charge is -2.28. The van der Waals surface area contributed by atoms with Crippen LogP contribution in [-0.4, -0.2) is 28.0 Å². The molecule has 1 aliphatic rings. The van der Waals surface area contributed by atoms with Crippen molar-refractivity contribution in [2.45, 2.75) is 33.6 Å². The lowest BCUT2D eigenvalue weighted by atomic mass is 9.77. The number of ketones is 1. The van der Waals surface area contributed by atoms with Crippen LogP contribution in [-0.2, 0) is 4.79 Å². The number of carbonyl (C=O) groups is 1. The molecule has 2 N–H and O–H groups in total. The van der Waals surface area contributed by atoms with Crippen LogP contribution in [0.4, 0.5) is 5.69 Å². The lowest BCUT2D eigenvalue weighted by Crippen LogP contribution is -2.26. The van der Waals surface area contributed by atoms with Crippen molar-refractivity contribution in [3.8, 4) is 0 Å². The first-order valence-electron chi connectivity index (χ1n) is 7.11. The quantitative estimate of drug-likeness (QED) is 0.506. The summed E-state index contributed by atoms with van der Waals surface area (Å²) in [5, 5.41) is 21.9. The minimum atomic E-state index is -0.207. The summed E-state index contributed by atoms with van der Waals surface area (Å²) in [6.07, 6.45) is 2.31. The van der Waals surface area contributed by atoms with Gasteiger partial charge in [0, 0.05) is 19.1 Å². The summed E-state index contributed by atoms with van der Waals surface area (Å²) in [6, 6.07) is 7.08. The van der Waals surface area contributed by atoms with E-state index in [-0.39, 0.29) is 22.5 Å². The van der Waals surface area contributed by atoms with Crippen molar-refractivity contribution >= 4 is 23.4 Å². The smallest absolute Gasteiger partial charge is 0.168 e. The molecule has 5 nitrogen and oxygen atoms in total. The minimum absolute atomic E-state index is 0.0858. The maximum absolute atomic E-state index is 12.1. The van der Waals surface area contributed by atoms with Crippen LogP contribution in [0.15, 0.2) is 45.7 Å². The summed E-state index contributed by atoms with van der Waals surface area (Å²) in [7, 11) is 0. The topological polar surface area (TPSA) is 82.2 Å². The van der Waals surface area contributed by atoms with E-state index < -0.39 is 0 Å². The Morgan fingerprint density at radius 3 is 2.41 bits per heavy atom. The van der Waals surface area contributed by atoms with E-state index in [9.17, 15) is 9.90 Å². The van der Waals surface area contributed by atoms with Crippen LogP contribution in [0.1, 0.15) is 39.2 Å². The molecule has 1 aromatic rings. The molecule has 5 heteroatoms. The molecule has 0 amide bonds. The zero-order chi connectivity index (χ0) is 16.3. The van der Waals surface area contributed by atoms with Crippen molar-refractivity contribution in [2.24, 2.45) is 15.6 Å². The number of allylic oxidation sites excluding steroid dienone is 2. The van der Waals surface area contributed by atoms with Gasteiger partial charge in [-0.3, -0.25) is 9.79 Å². The fraction of sp³-hybridized carbons (Fsp3) is 0.353. The number of oxime groups is 1. The molecule has 0 saturated heterocycles. The van der Waals surface area contributed by atoms with E-state index in [1.807, 2.05) is 13.8 Å². The zero-order valence-electron chi connectivity index (χ0n) is 13.0. The first-order valence-corrected chi connectivity index (χ1v) is 7.11. The predicted octanol–water partition coefficient (Wildman–Crippen LogP) is 3.79. The average molecular weight is 300 g/mol. The van der Waals surface area contributed by atoms with Crippen LogP contribution in [0, 0.1) is 5.41 Å². The van der Waals surface area contributed by atoms with Gasteiger partial charge in [0.15, 0.2) is 5.78 Å². The highest BCUT2D eigenvalue weighted by molar-refractivity contribution is 6.14. The Labute approximate surface area is 129 Å². The molecule has 1 aromatic carbocycles. The largest absolute Gasteiger partial charge is 0.511 e. The van der Waals surface area contributed by atoms with Crippen LogP contribution in [0.5, 0.6) is 0 Å². The molecule has 1 aliphatic carbocycles. The number of nitrogens with zero attached hydrogens (tertiary/aromatic N) is 2. The zero-order valence-corrected chi connectivity index (χ0v) is 13.0. The Morgan fingerprint density at radius 2 is 1.86 bits per heavy atom. The van der Waals surface area contributed by atoms with Crippen LogP contribution in [0.25, 0.3) is 0 Å². The van der Waals surface area contributed by atoms with Gasteiger partial charge < -0.3 is 10.3 Å². The third-order valence-electron chi connectivity index (χ3n) is 3.67. The number of benzene rings is 1. The predicted molar refractivity (Wildman–Crippen MR) is 86.3 cm³/mol. The molecule has 0 atom stereocenters. The molecule has 0 aliphatic heterocycles. The molecule has 22 heavy (non-hydrogen) atoms. The molecule has 0 heterocycles. The van der Waals surface area contributed by atoms with Gasteiger partial charge in [-0.2, -0.15) is 0 Å². The van der Waals surface area contributed by atoms with E-state index >= 15 is 0 Å². The molecule has 2 rings (SSSR count). The van der Waals surface area contributed by atoms with Crippen molar-refractivity contribution in [3.63, 3.8) is 0 Å². The second-order valence-corrected chi connectivity index (χ2v) is 6.29. The maximum Gasteiger partial charge on any atom is 0.168 e. The lowest BCUT2D eigenvalue weighted by molar-refractivity contribution is -0.117. The molecule has 0 saturated carbocycles. The number of rotatable bonds is 3. The van der Waals surface area contributed by atoms with Crippen molar-refractivity contribution in [1.29, 1.82) is 0 Å². The second kappa shape index (κ2) is 6.13. The summed E-state index contributed by atoms with van der Waals surface area (Å²) >= 11 is 0. The molecule has 116 valence electrons. The molecule has 0 bridgehead atoms. The second-order valence-electron chi connectivity index (χ2n) is 6.29. The standard InChI is InChI=1S/C17H20N2O3/c1-11(19-22)12-4-6-13(7-5-12)18-10-14-15(20)8-17(2,3)9-16(14)21/h4-7,10,20,22H,8-9H2,1-3H3/b18-10?,19-11+. The van der Waals surface area contributed by atoms with Gasteiger partial charge in [0.2, 0.25) is 0 Å². The third-order valence-corrected chi connectivity index (χ3v) is 3.67. The van der Waals surface area contributed by atoms with E-state index in [0.29, 0.717) is 24.2 Å². The molecular formula is C17H20N2O3. The number of Topliss-reactive ketones (excluding diaryl/α,β-unsaturated/α-hetero) is 1. The van der Waals surface area contributed by atoms with Crippen LogP contribution >= 0.6 is 0 Å². The van der Waals surface area contributed by atoms with Gasteiger partial charge in [-0.25, -0.2) is 0 Å². The van der Waals surface area contributed by atoms with Gasteiger partial charge in [0.1, 0.15) is 5.76 Å². The minimum Gasteiger partial charge on any atom is -0.511 e. The van der Waals surface area contributed by atoms with Gasteiger partial charge in [-0.05, 0) is 30.0 Å². The van der Waals surface area contributed by atoms with Gasteiger partial charge in [-0.15, -0.1) is 0 Å². The van der Waals surface area contributed by atoms with Gasteiger partial charge >= 0.3 is 0 Å². The fourth-order valence-corrected chi connectivity index (χ4v) is 2.43. The number of hydrogen-bond acceptors (Lipinski definition) is 5. The third kappa shape index (κ3) is 3.61. The number of hydrogen-bond donors (Lipinski definition) is 2. The summed E-state index contributed by atoms with van der Waals surface area (Å²) < 4.78 is 0. The Bertz CT molecular complexity index is 668. The van der Waals surface area contributed by atoms with E-state index in [0.717, 1.165) is 5.56 Å². The van der Waals surface area contributed by atoms with Gasteiger partial charge in [-0.1, -0.05) is 31.1 Å². The highest BCUT2D eigenvalue weighted by Crippen LogP contribution is 2.35. The van der Waals surface area contributed by atoms with Gasteiger partial charge in [0.05, 0.1) is 17.0 Å². The Morgan fingerprint density at radius 1 is 1.23 bits per heavy atom. The van der Waals surface area contributed by atoms with Crippen LogP contribution < -0.4 is 0 Å². The Kier molecular flexibility index (Phi) is 4.45. The summed E-state index contributed by atoms with van der Waals surface area (Å²) in [4.78, 5) is 16.3. The van der Waals surface area contributed by atoms with Crippen molar-refractivity contribution < 1.29 is 15.1 Å². The van der Waals surface area contributed by atoms with Crippen molar-refractivity contribution in [3.05, 3.63) is 41.2 Å². The van der Waals surface area contributed by atoms with E-state index in [4.69, 9.17) is 5.21 Å². The maximum atomic E-state index is 12.1. The molecule has 0 aromatic heterocycles. The average Bonchev–Trinajstić information content (AvgIpc) is 2.45. The molecule has 0 fully saturated rings. The van der Waals surface area contributed by atoms with E-state index in [1.165, 1.54) is 6.21 Å². The molecule has 0 unspecified atom stereocenters. The monoisotopic (exact) mass is 300 g/mol. The number of aliphatic hydroxyl groups excluding tert-OH is 1. The highest BCUT2D eigenvalue weighted by Gasteiger charge is 2.32. The van der Waals surface area contributed by atoms with E-state index in [2.05, 4.69) is 10.1 Å². The Hall–Kier alpha value is -2.43. The first-order chi connectivity index (χ1) is 10.3. The fourth-order valence-electron chi connectivity index (χ4n) is 2.43. The highest BCUT2D eigenvalue weighted by atomic mass is 16.4. The molecule has 0 radical (unpaired) electrons. The normalized spacial score (nSPS) is 19.0. The number of aliphatic hydroxyl groups is 1. The van der Waals surface area contributed by atoms with Crippen molar-refractivity contribution in [1.82, 2.24) is 0 Å². The number of carbonyl (C=O) groups excluding carboxylic acids is 1.